The van der Waals surface area contributed by atoms with Gasteiger partial charge >= 0.3 is 0 Å². The number of hydrogen-bond donors (Lipinski definition) is 2. The number of furan rings is 1. The molecule has 3 heteroatoms. The molecule has 0 saturated carbocycles. The van der Waals surface area contributed by atoms with Gasteiger partial charge in [0.2, 0.25) is 0 Å². The van der Waals surface area contributed by atoms with Crippen molar-refractivity contribution in [1.29, 1.82) is 0 Å². The molecule has 3 nitrogen and oxygen atoms in total. The molecule has 0 saturated heterocycles. The molecule has 3 rings (SSSR count). The van der Waals surface area contributed by atoms with Crippen molar-refractivity contribution in [2.45, 2.75) is 38.5 Å². The molecule has 0 unspecified atom stereocenters. The summed E-state index contributed by atoms with van der Waals surface area (Å²) < 4.78 is 6.26. The van der Waals surface area contributed by atoms with Crippen LogP contribution in [0.15, 0.2) is 65.1 Å². The maximum Gasteiger partial charge on any atom is 0.115 e. The van der Waals surface area contributed by atoms with Crippen LogP contribution in [-0.4, -0.2) is 10.2 Å². The van der Waals surface area contributed by atoms with Gasteiger partial charge in [0.25, 0.3) is 0 Å². The second-order valence-electron chi connectivity index (χ2n) is 7.51. The lowest BCUT2D eigenvalue weighted by Gasteiger charge is -2.25. The van der Waals surface area contributed by atoms with E-state index < -0.39 is 0 Å². The number of hydrogen-bond acceptors (Lipinski definition) is 3. The topological polar surface area (TPSA) is 53.6 Å². The number of phenols is 2. The van der Waals surface area contributed by atoms with Crippen LogP contribution in [0.5, 0.6) is 11.5 Å². The molecule has 1 heterocycles. The Morgan fingerprint density at radius 1 is 0.560 bits per heavy atom. The highest BCUT2D eigenvalue weighted by Gasteiger charge is 2.31. The van der Waals surface area contributed by atoms with Crippen molar-refractivity contribution in [3.05, 3.63) is 83.3 Å². The molecule has 2 N–H and O–H groups in total. The smallest absolute Gasteiger partial charge is 0.115 e. The van der Waals surface area contributed by atoms with E-state index in [1.807, 2.05) is 36.4 Å². The zero-order valence-corrected chi connectivity index (χ0v) is 15.1. The largest absolute Gasteiger partial charge is 0.508 e. The Morgan fingerprint density at radius 2 is 0.880 bits per heavy atom. The van der Waals surface area contributed by atoms with E-state index in [2.05, 4.69) is 27.7 Å². The quantitative estimate of drug-likeness (QED) is 0.676. The number of aromatic hydroxyl groups is 2. The standard InChI is InChI=1S/C22H24O3/c1-21(2,15-5-9-17(23)10-6-15)19-13-14-20(25-19)22(3,4)16-7-11-18(24)12-8-16/h5-14,23-24H,1-4H3. The van der Waals surface area contributed by atoms with Crippen LogP contribution in [0.3, 0.4) is 0 Å². The molecule has 0 bridgehead atoms. The predicted octanol–water partition coefficient (Wildman–Crippen LogP) is 5.34. The van der Waals surface area contributed by atoms with Crippen LogP contribution >= 0.6 is 0 Å². The Kier molecular flexibility index (Phi) is 4.11. The molecule has 0 spiro atoms. The Morgan fingerprint density at radius 3 is 1.20 bits per heavy atom. The van der Waals surface area contributed by atoms with Crippen LogP contribution < -0.4 is 0 Å². The molecule has 0 amide bonds. The lowest BCUT2D eigenvalue weighted by molar-refractivity contribution is 0.364. The molecule has 130 valence electrons. The van der Waals surface area contributed by atoms with Gasteiger partial charge in [-0.15, -0.1) is 0 Å². The van der Waals surface area contributed by atoms with Crippen molar-refractivity contribution in [2.24, 2.45) is 0 Å². The van der Waals surface area contributed by atoms with E-state index in [-0.39, 0.29) is 22.3 Å². The minimum atomic E-state index is -0.309. The second-order valence-corrected chi connectivity index (χ2v) is 7.51. The van der Waals surface area contributed by atoms with E-state index in [4.69, 9.17) is 4.42 Å². The highest BCUT2D eigenvalue weighted by Crippen LogP contribution is 2.38. The maximum absolute atomic E-state index is 9.51. The highest BCUT2D eigenvalue weighted by atomic mass is 16.3. The van der Waals surface area contributed by atoms with Crippen LogP contribution in [-0.2, 0) is 10.8 Å². The molecule has 0 aliphatic heterocycles. The third-order valence-electron chi connectivity index (χ3n) is 5.02. The zero-order chi connectivity index (χ0) is 18.2. The summed E-state index contributed by atoms with van der Waals surface area (Å²) in [5.74, 6) is 2.27. The molecule has 0 aliphatic carbocycles. The molecule has 0 aliphatic rings. The van der Waals surface area contributed by atoms with Crippen molar-refractivity contribution >= 4 is 0 Å². The molecule has 3 aromatic rings. The highest BCUT2D eigenvalue weighted by molar-refractivity contribution is 5.40. The third-order valence-corrected chi connectivity index (χ3v) is 5.02. The van der Waals surface area contributed by atoms with E-state index in [1.54, 1.807) is 24.3 Å². The summed E-state index contributed by atoms with van der Waals surface area (Å²) >= 11 is 0. The van der Waals surface area contributed by atoms with Crippen molar-refractivity contribution in [2.75, 3.05) is 0 Å². The van der Waals surface area contributed by atoms with Gasteiger partial charge in [-0.05, 0) is 75.2 Å². The molecule has 0 radical (unpaired) electrons. The van der Waals surface area contributed by atoms with Crippen molar-refractivity contribution < 1.29 is 14.6 Å². The number of benzene rings is 2. The molecule has 0 atom stereocenters. The number of rotatable bonds is 4. The van der Waals surface area contributed by atoms with E-state index in [9.17, 15) is 10.2 Å². The lowest BCUT2D eigenvalue weighted by Crippen LogP contribution is -2.20. The molecular weight excluding hydrogens is 312 g/mol. The van der Waals surface area contributed by atoms with Crippen molar-refractivity contribution in [1.82, 2.24) is 0 Å². The van der Waals surface area contributed by atoms with Gasteiger partial charge < -0.3 is 14.6 Å². The minimum absolute atomic E-state index is 0.258. The van der Waals surface area contributed by atoms with E-state index in [1.165, 1.54) is 0 Å². The Labute approximate surface area is 148 Å². The van der Waals surface area contributed by atoms with Gasteiger partial charge in [-0.25, -0.2) is 0 Å². The van der Waals surface area contributed by atoms with Crippen molar-refractivity contribution in [3.63, 3.8) is 0 Å². The first-order valence-electron chi connectivity index (χ1n) is 8.41. The molecular formula is C22H24O3. The van der Waals surface area contributed by atoms with E-state index in [0.717, 1.165) is 22.6 Å². The average molecular weight is 336 g/mol. The maximum atomic E-state index is 9.51. The average Bonchev–Trinajstić information content (AvgIpc) is 3.07. The van der Waals surface area contributed by atoms with Crippen LogP contribution in [0.2, 0.25) is 0 Å². The van der Waals surface area contributed by atoms with Crippen LogP contribution in [0.4, 0.5) is 0 Å². The van der Waals surface area contributed by atoms with Crippen LogP contribution in [0.1, 0.15) is 50.3 Å². The first kappa shape index (κ1) is 17.2. The van der Waals surface area contributed by atoms with E-state index >= 15 is 0 Å². The fourth-order valence-electron chi connectivity index (χ4n) is 3.05. The Hall–Kier alpha value is -2.68. The SMILES string of the molecule is CC(C)(c1ccc(O)cc1)c1ccc(C(C)(C)c2ccc(O)cc2)o1. The fraction of sp³-hybridized carbons (Fsp3) is 0.273. The van der Waals surface area contributed by atoms with E-state index in [0.29, 0.717) is 0 Å². The fourth-order valence-corrected chi connectivity index (χ4v) is 3.05. The molecule has 2 aromatic carbocycles. The lowest BCUT2D eigenvalue weighted by atomic mass is 9.82. The van der Waals surface area contributed by atoms with Crippen LogP contribution in [0.25, 0.3) is 0 Å². The summed E-state index contributed by atoms with van der Waals surface area (Å²) in [5.41, 5.74) is 1.54. The molecule has 1 aromatic heterocycles. The van der Waals surface area contributed by atoms with Gasteiger partial charge in [-0.1, -0.05) is 24.3 Å². The van der Waals surface area contributed by atoms with Gasteiger partial charge in [-0.3, -0.25) is 0 Å². The van der Waals surface area contributed by atoms with Gasteiger partial charge in [0, 0.05) is 10.8 Å². The van der Waals surface area contributed by atoms with Crippen molar-refractivity contribution in [3.8, 4) is 11.5 Å². The first-order valence-corrected chi connectivity index (χ1v) is 8.41. The molecule has 25 heavy (non-hydrogen) atoms. The minimum Gasteiger partial charge on any atom is -0.508 e. The third kappa shape index (κ3) is 3.14. The van der Waals surface area contributed by atoms with Gasteiger partial charge in [0.05, 0.1) is 0 Å². The Bertz CT molecular complexity index is 781. The number of phenolic OH excluding ortho intramolecular Hbond substituents is 2. The molecule has 0 fully saturated rings. The summed E-state index contributed by atoms with van der Waals surface area (Å²) in [6.07, 6.45) is 0. The van der Waals surface area contributed by atoms with Gasteiger partial charge in [0.1, 0.15) is 23.0 Å². The summed E-state index contributed by atoms with van der Waals surface area (Å²) in [4.78, 5) is 0. The monoisotopic (exact) mass is 336 g/mol. The summed E-state index contributed by atoms with van der Waals surface area (Å²) in [5, 5.41) is 19.0. The first-order chi connectivity index (χ1) is 11.7. The summed E-state index contributed by atoms with van der Waals surface area (Å²) in [6.45, 7) is 8.43. The second kappa shape index (κ2) is 5.99. The Balaban J connectivity index is 1.96. The zero-order valence-electron chi connectivity index (χ0n) is 15.1. The van der Waals surface area contributed by atoms with Gasteiger partial charge in [-0.2, -0.15) is 0 Å². The normalized spacial score (nSPS) is 12.3. The predicted molar refractivity (Wildman–Crippen MR) is 99.2 cm³/mol. The van der Waals surface area contributed by atoms with Gasteiger partial charge in [0.15, 0.2) is 0 Å². The summed E-state index contributed by atoms with van der Waals surface area (Å²) in [7, 11) is 0. The van der Waals surface area contributed by atoms with Crippen LogP contribution in [0, 0.1) is 0 Å². The summed E-state index contributed by atoms with van der Waals surface area (Å²) in [6, 6.07) is 18.5.